The Morgan fingerprint density at radius 2 is 1.66 bits per heavy atom. The fourth-order valence-electron chi connectivity index (χ4n) is 3.98. The molecule has 3 aromatic heterocycles. The summed E-state index contributed by atoms with van der Waals surface area (Å²) in [7, 11) is -0.436. The second kappa shape index (κ2) is 10.6. The molecule has 0 aliphatic heterocycles. The highest BCUT2D eigenvalue weighted by Crippen LogP contribution is 2.32. The van der Waals surface area contributed by atoms with Crippen LogP contribution in [0.3, 0.4) is 0 Å². The van der Waals surface area contributed by atoms with Crippen LogP contribution in [0.25, 0.3) is 11.3 Å². The number of nitrogens with zero attached hydrogens (tertiary/aromatic N) is 4. The number of amides is 1. The standard InChI is InChI=1S/C28H29N5O4S.2H2/c1-17-14-18(2)26(19(3)15-17)37-28-22(27(34)32-38(35,36)25-9-7-8-20(4)30-25)11-12-23(31-28)21-10-13-24(29-16-21)33(5)6;;/h7-16H,1-6H3,(H,32,34);2*1H. The molecular weight excluding hydrogens is 502 g/mol. The van der Waals surface area contributed by atoms with Crippen LogP contribution in [0.1, 0.15) is 35.6 Å². The lowest BCUT2D eigenvalue weighted by molar-refractivity contribution is 0.0978. The summed E-state index contributed by atoms with van der Waals surface area (Å²) in [5.41, 5.74) is 4.47. The molecule has 0 saturated carbocycles. The Kier molecular flexibility index (Phi) is 7.45. The largest absolute Gasteiger partial charge is 0.438 e. The number of sulfonamides is 1. The summed E-state index contributed by atoms with van der Waals surface area (Å²) in [4.78, 5) is 28.2. The van der Waals surface area contributed by atoms with Crippen LogP contribution >= 0.6 is 0 Å². The van der Waals surface area contributed by atoms with Gasteiger partial charge in [0.05, 0.1) is 5.69 Å². The normalized spacial score (nSPS) is 11.2. The first-order chi connectivity index (χ1) is 17.9. The van der Waals surface area contributed by atoms with Gasteiger partial charge in [0.1, 0.15) is 17.1 Å². The number of hydrogen-bond donors (Lipinski definition) is 1. The van der Waals surface area contributed by atoms with Crippen molar-refractivity contribution in [2.45, 2.75) is 32.7 Å². The maximum atomic E-state index is 13.3. The quantitative estimate of drug-likeness (QED) is 0.342. The van der Waals surface area contributed by atoms with Gasteiger partial charge >= 0.3 is 0 Å². The average molecular weight is 536 g/mol. The minimum atomic E-state index is -4.23. The first kappa shape index (κ1) is 26.7. The Bertz CT molecular complexity index is 1610. The molecule has 0 atom stereocenters. The van der Waals surface area contributed by atoms with E-state index in [-0.39, 0.29) is 19.3 Å². The molecule has 0 aliphatic rings. The molecule has 4 rings (SSSR count). The van der Waals surface area contributed by atoms with Gasteiger partial charge in [0.25, 0.3) is 15.9 Å². The third-order valence-electron chi connectivity index (χ3n) is 5.78. The SMILES string of the molecule is Cc1cc(C)c(Oc2nc(-c3ccc(N(C)C)nc3)ccc2C(=O)NS(=O)(=O)c2cccc(C)n2)c(C)c1.[HH].[HH]. The van der Waals surface area contributed by atoms with Crippen LogP contribution in [0.5, 0.6) is 11.6 Å². The monoisotopic (exact) mass is 535 g/mol. The molecule has 200 valence electrons. The highest BCUT2D eigenvalue weighted by Gasteiger charge is 2.24. The second-order valence-corrected chi connectivity index (χ2v) is 10.9. The zero-order chi connectivity index (χ0) is 27.6. The maximum Gasteiger partial charge on any atom is 0.281 e. The Labute approximate surface area is 225 Å². The summed E-state index contributed by atoms with van der Waals surface area (Å²) in [6.45, 7) is 7.45. The molecule has 1 amide bonds. The van der Waals surface area contributed by atoms with Gasteiger partial charge in [-0.25, -0.2) is 19.7 Å². The van der Waals surface area contributed by atoms with E-state index >= 15 is 0 Å². The number of anilines is 1. The molecule has 0 aliphatic carbocycles. The number of nitrogens with one attached hydrogen (secondary N) is 1. The highest BCUT2D eigenvalue weighted by atomic mass is 32.2. The summed E-state index contributed by atoms with van der Waals surface area (Å²) in [5, 5.41) is -0.254. The van der Waals surface area contributed by atoms with E-state index in [1.807, 2.05) is 64.0 Å². The van der Waals surface area contributed by atoms with Gasteiger partial charge in [-0.3, -0.25) is 4.79 Å². The molecule has 0 spiro atoms. The molecule has 0 saturated heterocycles. The van der Waals surface area contributed by atoms with Crippen LogP contribution in [-0.4, -0.2) is 43.4 Å². The number of rotatable bonds is 7. The van der Waals surface area contributed by atoms with Crippen molar-refractivity contribution >= 4 is 21.7 Å². The Hall–Kier alpha value is -4.31. The van der Waals surface area contributed by atoms with E-state index in [1.165, 1.54) is 12.1 Å². The minimum Gasteiger partial charge on any atom is -0.438 e. The van der Waals surface area contributed by atoms with Gasteiger partial charge in [-0.15, -0.1) is 0 Å². The van der Waals surface area contributed by atoms with Crippen molar-refractivity contribution in [1.82, 2.24) is 19.7 Å². The van der Waals surface area contributed by atoms with Gasteiger partial charge < -0.3 is 9.64 Å². The third-order valence-corrected chi connectivity index (χ3v) is 7.01. The number of aromatic nitrogens is 3. The van der Waals surface area contributed by atoms with Crippen molar-refractivity contribution in [3.05, 3.63) is 88.7 Å². The Balaban J connectivity index is 0.00000280. The number of carbonyl (C=O) groups is 1. The Morgan fingerprint density at radius 1 is 0.947 bits per heavy atom. The van der Waals surface area contributed by atoms with Crippen LogP contribution in [0.15, 0.2) is 65.8 Å². The number of hydrogen-bond acceptors (Lipinski definition) is 8. The van der Waals surface area contributed by atoms with Crippen molar-refractivity contribution in [2.75, 3.05) is 19.0 Å². The molecular formula is C28H33N5O4S. The molecule has 0 radical (unpaired) electrons. The number of carbonyl (C=O) groups excluding carboxylic acids is 1. The molecule has 38 heavy (non-hydrogen) atoms. The molecule has 0 unspecified atom stereocenters. The highest BCUT2D eigenvalue weighted by molar-refractivity contribution is 7.90. The van der Waals surface area contributed by atoms with E-state index < -0.39 is 15.9 Å². The number of aryl methyl sites for hydroxylation is 4. The smallest absolute Gasteiger partial charge is 0.281 e. The second-order valence-electron chi connectivity index (χ2n) is 9.23. The van der Waals surface area contributed by atoms with Crippen LogP contribution in [0.4, 0.5) is 5.82 Å². The fourth-order valence-corrected chi connectivity index (χ4v) is 4.96. The molecule has 9 nitrogen and oxygen atoms in total. The van der Waals surface area contributed by atoms with Crippen LogP contribution in [0.2, 0.25) is 0 Å². The van der Waals surface area contributed by atoms with E-state index in [0.717, 1.165) is 22.5 Å². The fraction of sp³-hybridized carbons (Fsp3) is 0.214. The lowest BCUT2D eigenvalue weighted by Crippen LogP contribution is -2.31. The molecule has 3 heterocycles. The number of pyridine rings is 3. The van der Waals surface area contributed by atoms with Gasteiger partial charge in [-0.2, -0.15) is 8.42 Å². The molecule has 0 fully saturated rings. The molecule has 1 N–H and O–H groups in total. The van der Waals surface area contributed by atoms with Crippen LogP contribution < -0.4 is 14.4 Å². The number of benzene rings is 1. The van der Waals surface area contributed by atoms with Crippen molar-refractivity contribution in [2.24, 2.45) is 0 Å². The van der Waals surface area contributed by atoms with Crippen LogP contribution in [-0.2, 0) is 10.0 Å². The van der Waals surface area contributed by atoms with Crippen LogP contribution in [0, 0.1) is 27.7 Å². The van der Waals surface area contributed by atoms with Gasteiger partial charge in [0.15, 0.2) is 5.03 Å². The Morgan fingerprint density at radius 3 is 2.26 bits per heavy atom. The van der Waals surface area contributed by atoms with E-state index in [0.29, 0.717) is 22.7 Å². The van der Waals surface area contributed by atoms with Crippen molar-refractivity contribution < 1.29 is 20.8 Å². The predicted octanol–water partition coefficient (Wildman–Crippen LogP) is 5.24. The molecule has 4 aromatic rings. The minimum absolute atomic E-state index is 0. The third kappa shape index (κ3) is 5.81. The van der Waals surface area contributed by atoms with Gasteiger partial charge in [0, 0.05) is 34.4 Å². The first-order valence-electron chi connectivity index (χ1n) is 11.9. The average Bonchev–Trinajstić information content (AvgIpc) is 2.86. The van der Waals surface area contributed by atoms with Crippen molar-refractivity contribution in [3.8, 4) is 22.9 Å². The molecule has 0 bridgehead atoms. The van der Waals surface area contributed by atoms with Crippen molar-refractivity contribution in [1.29, 1.82) is 0 Å². The van der Waals surface area contributed by atoms with E-state index in [2.05, 4.69) is 19.7 Å². The van der Waals surface area contributed by atoms with Gasteiger partial charge in [-0.05, 0) is 75.2 Å². The topological polar surface area (TPSA) is 114 Å². The summed E-state index contributed by atoms with van der Waals surface area (Å²) in [6, 6.07) is 15.3. The zero-order valence-corrected chi connectivity index (χ0v) is 22.9. The van der Waals surface area contributed by atoms with E-state index in [4.69, 9.17) is 4.74 Å². The molecule has 1 aromatic carbocycles. The van der Waals surface area contributed by atoms with Gasteiger partial charge in [-0.1, -0.05) is 23.8 Å². The first-order valence-corrected chi connectivity index (χ1v) is 13.3. The predicted molar refractivity (Wildman–Crippen MR) is 150 cm³/mol. The maximum absolute atomic E-state index is 13.3. The van der Waals surface area contributed by atoms with Crippen molar-refractivity contribution in [3.63, 3.8) is 0 Å². The summed E-state index contributed by atoms with van der Waals surface area (Å²) >= 11 is 0. The zero-order valence-electron chi connectivity index (χ0n) is 22.1. The summed E-state index contributed by atoms with van der Waals surface area (Å²) in [5.74, 6) is 0.408. The lowest BCUT2D eigenvalue weighted by atomic mass is 10.1. The summed E-state index contributed by atoms with van der Waals surface area (Å²) in [6.07, 6.45) is 1.68. The summed E-state index contributed by atoms with van der Waals surface area (Å²) < 4.78 is 34.1. The number of ether oxygens (including phenoxy) is 1. The van der Waals surface area contributed by atoms with E-state index in [9.17, 15) is 13.2 Å². The van der Waals surface area contributed by atoms with E-state index in [1.54, 1.807) is 31.3 Å². The lowest BCUT2D eigenvalue weighted by Gasteiger charge is -2.16. The van der Waals surface area contributed by atoms with Gasteiger partial charge in [0.2, 0.25) is 5.88 Å². The molecule has 10 heteroatoms.